The van der Waals surface area contributed by atoms with Crippen LogP contribution in [0.2, 0.25) is 0 Å². The van der Waals surface area contributed by atoms with E-state index in [4.69, 9.17) is 0 Å². The van der Waals surface area contributed by atoms with Crippen molar-refractivity contribution in [3.05, 3.63) is 0 Å². The summed E-state index contributed by atoms with van der Waals surface area (Å²) in [6.07, 6.45) is 33.8. The summed E-state index contributed by atoms with van der Waals surface area (Å²) >= 11 is 0. The van der Waals surface area contributed by atoms with E-state index in [1.165, 1.54) is 180 Å². The van der Waals surface area contributed by atoms with Crippen LogP contribution in [0.15, 0.2) is 0 Å². The molecule has 2 nitrogen and oxygen atoms in total. The first-order chi connectivity index (χ1) is 16.8. The van der Waals surface area contributed by atoms with E-state index >= 15 is 0 Å². The Hall–Kier alpha value is -0.0800. The average molecular weight is 483 g/mol. The second kappa shape index (κ2) is 37.5. The molecule has 0 rings (SSSR count). The second-order valence-corrected chi connectivity index (χ2v) is 10.6. The lowest BCUT2D eigenvalue weighted by Crippen LogP contribution is -2.16. The first kappa shape index (κ1) is 36.1. The van der Waals surface area contributed by atoms with Gasteiger partial charge in [-0.1, -0.05) is 156 Å². The third-order valence-electron chi connectivity index (χ3n) is 6.83. The Labute approximate surface area is 218 Å². The highest BCUT2D eigenvalue weighted by molar-refractivity contribution is 4.52. The molecule has 0 spiro atoms. The minimum absolute atomic E-state index is 1.24. The van der Waals surface area contributed by atoms with Crippen LogP contribution in [0.5, 0.6) is 0 Å². The molecule has 0 aliphatic heterocycles. The van der Waals surface area contributed by atoms with Crippen LogP contribution in [-0.4, -0.2) is 26.2 Å². The SMILES string of the molecule is CCCCCCCCNCCCCCCCC.CCCCCCCCNCCCCCCCC. The lowest BCUT2D eigenvalue weighted by Gasteiger charge is -2.04. The molecule has 208 valence electrons. The largest absolute Gasteiger partial charge is 0.317 e. The standard InChI is InChI=1S/2C16H35N/c2*1-3-5-7-9-11-13-15-17-16-14-12-10-8-6-4-2/h2*17H,3-16H2,1-2H3. The Bertz CT molecular complexity index is 247. The predicted octanol–water partition coefficient (Wildman–Crippen LogP) is 10.6. The normalized spacial score (nSPS) is 10.9. The molecule has 0 bridgehead atoms. The van der Waals surface area contributed by atoms with Gasteiger partial charge in [0.15, 0.2) is 0 Å². The van der Waals surface area contributed by atoms with Gasteiger partial charge in [0, 0.05) is 0 Å². The zero-order valence-corrected chi connectivity index (χ0v) is 24.8. The topological polar surface area (TPSA) is 24.1 Å². The highest BCUT2D eigenvalue weighted by Crippen LogP contribution is 2.07. The molecule has 0 heterocycles. The van der Waals surface area contributed by atoms with Crippen LogP contribution in [-0.2, 0) is 0 Å². The van der Waals surface area contributed by atoms with E-state index in [1.54, 1.807) is 0 Å². The van der Waals surface area contributed by atoms with Crippen LogP contribution in [0.3, 0.4) is 0 Å². The predicted molar refractivity (Wildman–Crippen MR) is 159 cm³/mol. The van der Waals surface area contributed by atoms with Crippen molar-refractivity contribution in [2.24, 2.45) is 0 Å². The van der Waals surface area contributed by atoms with E-state index in [0.717, 1.165) is 0 Å². The summed E-state index contributed by atoms with van der Waals surface area (Å²) in [4.78, 5) is 0. The highest BCUT2D eigenvalue weighted by Gasteiger charge is 1.93. The summed E-state index contributed by atoms with van der Waals surface area (Å²) in [5.41, 5.74) is 0. The van der Waals surface area contributed by atoms with Gasteiger partial charge < -0.3 is 10.6 Å². The molecule has 2 N–H and O–H groups in total. The van der Waals surface area contributed by atoms with Crippen molar-refractivity contribution in [3.63, 3.8) is 0 Å². The van der Waals surface area contributed by atoms with E-state index in [1.807, 2.05) is 0 Å². The molecule has 0 radical (unpaired) electrons. The second-order valence-electron chi connectivity index (χ2n) is 10.6. The summed E-state index contributed by atoms with van der Waals surface area (Å²) in [5, 5.41) is 7.13. The number of hydrogen-bond donors (Lipinski definition) is 2. The van der Waals surface area contributed by atoms with Crippen LogP contribution < -0.4 is 10.6 Å². The van der Waals surface area contributed by atoms with E-state index in [2.05, 4.69) is 38.3 Å². The molecular formula is C32H70N2. The van der Waals surface area contributed by atoms with E-state index in [0.29, 0.717) is 0 Å². The Balaban J connectivity index is 0. The van der Waals surface area contributed by atoms with Gasteiger partial charge in [-0.25, -0.2) is 0 Å². The van der Waals surface area contributed by atoms with Crippen molar-refractivity contribution in [2.75, 3.05) is 26.2 Å². The summed E-state index contributed by atoms with van der Waals surface area (Å²) in [6.45, 7) is 14.1. The van der Waals surface area contributed by atoms with Crippen LogP contribution in [0.1, 0.15) is 182 Å². The van der Waals surface area contributed by atoms with Crippen molar-refractivity contribution in [3.8, 4) is 0 Å². The first-order valence-electron chi connectivity index (χ1n) is 16.2. The molecule has 0 amide bonds. The fraction of sp³-hybridized carbons (Fsp3) is 1.00. The fourth-order valence-corrected chi connectivity index (χ4v) is 4.37. The summed E-state index contributed by atoms with van der Waals surface area (Å²) in [6, 6.07) is 0. The van der Waals surface area contributed by atoms with Crippen molar-refractivity contribution >= 4 is 0 Å². The van der Waals surface area contributed by atoms with Gasteiger partial charge in [0.25, 0.3) is 0 Å². The first-order valence-corrected chi connectivity index (χ1v) is 16.2. The Kier molecular flexibility index (Phi) is 39.8. The van der Waals surface area contributed by atoms with Crippen molar-refractivity contribution in [1.82, 2.24) is 10.6 Å². The molecule has 0 aliphatic carbocycles. The van der Waals surface area contributed by atoms with Crippen molar-refractivity contribution < 1.29 is 0 Å². The zero-order chi connectivity index (χ0) is 25.2. The maximum Gasteiger partial charge on any atom is -0.00489 e. The number of hydrogen-bond acceptors (Lipinski definition) is 2. The average Bonchev–Trinajstić information content (AvgIpc) is 2.85. The van der Waals surface area contributed by atoms with E-state index in [-0.39, 0.29) is 0 Å². The summed E-state index contributed by atoms with van der Waals surface area (Å²) in [5.74, 6) is 0. The third-order valence-corrected chi connectivity index (χ3v) is 6.83. The van der Waals surface area contributed by atoms with Gasteiger partial charge in [0.1, 0.15) is 0 Å². The van der Waals surface area contributed by atoms with Gasteiger partial charge in [-0.15, -0.1) is 0 Å². The minimum Gasteiger partial charge on any atom is -0.317 e. The maximum atomic E-state index is 3.57. The van der Waals surface area contributed by atoms with Crippen LogP contribution in [0.25, 0.3) is 0 Å². The van der Waals surface area contributed by atoms with Gasteiger partial charge in [-0.2, -0.15) is 0 Å². The number of rotatable bonds is 28. The zero-order valence-electron chi connectivity index (χ0n) is 24.8. The number of nitrogens with one attached hydrogen (secondary N) is 2. The molecule has 0 aromatic heterocycles. The van der Waals surface area contributed by atoms with Gasteiger partial charge >= 0.3 is 0 Å². The third kappa shape index (κ3) is 39.1. The van der Waals surface area contributed by atoms with Gasteiger partial charge in [0.2, 0.25) is 0 Å². The van der Waals surface area contributed by atoms with Crippen LogP contribution in [0, 0.1) is 0 Å². The monoisotopic (exact) mass is 483 g/mol. The van der Waals surface area contributed by atoms with Gasteiger partial charge in [-0.3, -0.25) is 0 Å². The summed E-state index contributed by atoms with van der Waals surface area (Å²) in [7, 11) is 0. The Morgan fingerprint density at radius 3 is 0.618 bits per heavy atom. The lowest BCUT2D eigenvalue weighted by atomic mass is 10.1. The maximum absolute atomic E-state index is 3.57. The number of unbranched alkanes of at least 4 members (excludes halogenated alkanes) is 20. The van der Waals surface area contributed by atoms with Gasteiger partial charge in [0.05, 0.1) is 0 Å². The summed E-state index contributed by atoms with van der Waals surface area (Å²) < 4.78 is 0. The molecule has 0 atom stereocenters. The molecule has 0 saturated heterocycles. The van der Waals surface area contributed by atoms with Crippen molar-refractivity contribution in [1.29, 1.82) is 0 Å². The Morgan fingerprint density at radius 1 is 0.235 bits per heavy atom. The molecular weight excluding hydrogens is 412 g/mol. The molecule has 2 heteroatoms. The molecule has 0 fully saturated rings. The Morgan fingerprint density at radius 2 is 0.412 bits per heavy atom. The fourth-order valence-electron chi connectivity index (χ4n) is 4.37. The minimum atomic E-state index is 1.24. The molecule has 0 aliphatic rings. The highest BCUT2D eigenvalue weighted by atomic mass is 14.8. The van der Waals surface area contributed by atoms with Gasteiger partial charge in [-0.05, 0) is 51.9 Å². The quantitative estimate of drug-likeness (QED) is 0.108. The van der Waals surface area contributed by atoms with E-state index in [9.17, 15) is 0 Å². The molecule has 34 heavy (non-hydrogen) atoms. The molecule has 0 saturated carbocycles. The smallest absolute Gasteiger partial charge is 0.00489 e. The van der Waals surface area contributed by atoms with Crippen molar-refractivity contribution in [2.45, 2.75) is 182 Å². The van der Waals surface area contributed by atoms with E-state index < -0.39 is 0 Å². The molecule has 0 aromatic carbocycles. The van der Waals surface area contributed by atoms with Crippen LogP contribution >= 0.6 is 0 Å². The lowest BCUT2D eigenvalue weighted by molar-refractivity contribution is 0.543. The molecule has 0 unspecified atom stereocenters. The molecule has 0 aromatic rings. The van der Waals surface area contributed by atoms with Crippen LogP contribution in [0.4, 0.5) is 0 Å².